The van der Waals surface area contributed by atoms with Gasteiger partial charge in [0, 0.05) is 24.7 Å². The van der Waals surface area contributed by atoms with E-state index in [1.807, 2.05) is 12.2 Å². The number of esters is 1. The molecule has 7 heteroatoms. The minimum atomic E-state index is -1.05. The molecule has 4 unspecified atom stereocenters. The van der Waals surface area contributed by atoms with Gasteiger partial charge in [0.25, 0.3) is 0 Å². The van der Waals surface area contributed by atoms with Gasteiger partial charge in [-0.15, -0.1) is 0 Å². The molecule has 4 N–H and O–H groups in total. The first-order valence-corrected chi connectivity index (χ1v) is 11.1. The Morgan fingerprint density at radius 3 is 2.70 bits per heavy atom. The van der Waals surface area contributed by atoms with E-state index in [4.69, 9.17) is 14.9 Å². The second kappa shape index (κ2) is 15.3. The smallest absolute Gasteiger partial charge is 0.305 e. The lowest BCUT2D eigenvalue weighted by Gasteiger charge is -2.17. The molecule has 1 aliphatic carbocycles. The van der Waals surface area contributed by atoms with Crippen molar-refractivity contribution in [3.8, 4) is 0 Å². The maximum atomic E-state index is 12.2. The van der Waals surface area contributed by atoms with Crippen LogP contribution in [0.3, 0.4) is 0 Å². The molecule has 172 valence electrons. The number of unbranched alkanes of at least 4 members (excludes halogenated alkanes) is 3. The number of aliphatic hydroxyl groups excluding tert-OH is 4. The van der Waals surface area contributed by atoms with E-state index >= 15 is 0 Å². The summed E-state index contributed by atoms with van der Waals surface area (Å²) in [5, 5.41) is 38.0. The van der Waals surface area contributed by atoms with Crippen molar-refractivity contribution < 1.29 is 34.8 Å². The van der Waals surface area contributed by atoms with Crippen molar-refractivity contribution in [2.75, 3.05) is 13.2 Å². The molecule has 1 rings (SSSR count). The summed E-state index contributed by atoms with van der Waals surface area (Å²) in [5.41, 5.74) is 0. The molecular formula is C23H38O7. The molecular weight excluding hydrogens is 388 g/mol. The summed E-state index contributed by atoms with van der Waals surface area (Å²) in [5.74, 6) is -0.989. The van der Waals surface area contributed by atoms with Gasteiger partial charge in [0.2, 0.25) is 0 Å². The lowest BCUT2D eigenvalue weighted by molar-refractivity contribution is -0.147. The van der Waals surface area contributed by atoms with E-state index < -0.39 is 30.9 Å². The van der Waals surface area contributed by atoms with Crippen molar-refractivity contribution in [2.45, 2.75) is 83.0 Å². The Hall–Kier alpha value is -1.54. The molecule has 0 aromatic carbocycles. The van der Waals surface area contributed by atoms with Crippen LogP contribution in [0, 0.1) is 11.8 Å². The monoisotopic (exact) mass is 426 g/mol. The van der Waals surface area contributed by atoms with E-state index in [0.29, 0.717) is 25.7 Å². The van der Waals surface area contributed by atoms with Crippen molar-refractivity contribution in [1.29, 1.82) is 0 Å². The van der Waals surface area contributed by atoms with Gasteiger partial charge in [0.05, 0.1) is 18.8 Å². The fourth-order valence-electron chi connectivity index (χ4n) is 3.52. The van der Waals surface area contributed by atoms with Crippen LogP contribution in [0.5, 0.6) is 0 Å². The summed E-state index contributed by atoms with van der Waals surface area (Å²) < 4.78 is 4.83. The molecule has 0 heterocycles. The first-order chi connectivity index (χ1) is 14.4. The van der Waals surface area contributed by atoms with Crippen LogP contribution in [0.2, 0.25) is 0 Å². The van der Waals surface area contributed by atoms with E-state index in [2.05, 4.69) is 6.92 Å². The van der Waals surface area contributed by atoms with Crippen LogP contribution >= 0.6 is 0 Å². The van der Waals surface area contributed by atoms with Crippen molar-refractivity contribution in [3.05, 3.63) is 24.3 Å². The van der Waals surface area contributed by atoms with Gasteiger partial charge in [-0.1, -0.05) is 50.5 Å². The van der Waals surface area contributed by atoms with Gasteiger partial charge >= 0.3 is 5.97 Å². The summed E-state index contributed by atoms with van der Waals surface area (Å²) in [4.78, 5) is 23.7. The fraction of sp³-hybridized carbons (Fsp3) is 0.739. The van der Waals surface area contributed by atoms with Crippen molar-refractivity contribution in [2.24, 2.45) is 11.8 Å². The highest BCUT2D eigenvalue weighted by Crippen LogP contribution is 2.33. The predicted octanol–water partition coefficient (Wildman–Crippen LogP) is 2.06. The number of Topliss-reactive ketones (excluding diaryl/α,β-unsaturated/α-hetero) is 1. The highest BCUT2D eigenvalue weighted by molar-refractivity contribution is 5.86. The molecule has 0 bridgehead atoms. The lowest BCUT2D eigenvalue weighted by atomic mass is 9.90. The first-order valence-electron chi connectivity index (χ1n) is 11.1. The Bertz CT molecular complexity index is 558. The maximum Gasteiger partial charge on any atom is 0.305 e. The predicted molar refractivity (Wildman–Crippen MR) is 114 cm³/mol. The summed E-state index contributed by atoms with van der Waals surface area (Å²) >= 11 is 0. The molecule has 0 aromatic heterocycles. The van der Waals surface area contributed by atoms with E-state index in [1.165, 1.54) is 0 Å². The van der Waals surface area contributed by atoms with Crippen LogP contribution in [-0.2, 0) is 14.3 Å². The number of allylic oxidation sites excluding steroid dienone is 3. The molecule has 1 fully saturated rings. The Morgan fingerprint density at radius 2 is 2.00 bits per heavy atom. The highest BCUT2D eigenvalue weighted by Gasteiger charge is 2.39. The third kappa shape index (κ3) is 10.5. The largest absolute Gasteiger partial charge is 0.463 e. The zero-order valence-electron chi connectivity index (χ0n) is 18.0. The number of hydrogen-bond donors (Lipinski definition) is 4. The second-order valence-corrected chi connectivity index (χ2v) is 7.99. The standard InChI is InChI=1S/C23H38O7/c1-2-3-6-9-17(25)12-13-20-19(21(27)14-22(20)28)10-7-4-5-8-11-23(29)30-16-18(26)15-24/h4,7,12-13,17-21,24-27H,2-3,5-6,8-11,14-16H2,1H3/b7-4-,13-12+/t17?,18?,19?,20-,21?/m1/s1. The maximum absolute atomic E-state index is 12.2. The van der Waals surface area contributed by atoms with Crippen LogP contribution in [0.15, 0.2) is 24.3 Å². The number of rotatable bonds is 15. The molecule has 0 aliphatic heterocycles. The molecule has 0 radical (unpaired) electrons. The topological polar surface area (TPSA) is 124 Å². The summed E-state index contributed by atoms with van der Waals surface area (Å²) in [7, 11) is 0. The Morgan fingerprint density at radius 1 is 1.23 bits per heavy atom. The molecule has 1 saturated carbocycles. The van der Waals surface area contributed by atoms with Crippen molar-refractivity contribution in [1.82, 2.24) is 0 Å². The van der Waals surface area contributed by atoms with Gasteiger partial charge in [-0.2, -0.15) is 0 Å². The van der Waals surface area contributed by atoms with Crippen LogP contribution in [0.1, 0.15) is 64.7 Å². The number of hydrogen-bond acceptors (Lipinski definition) is 7. The number of ketones is 1. The zero-order valence-corrected chi connectivity index (χ0v) is 18.0. The summed E-state index contributed by atoms with van der Waals surface area (Å²) in [6.07, 6.45) is 11.0. The quantitative estimate of drug-likeness (QED) is 0.179. The minimum absolute atomic E-state index is 0.00530. The van der Waals surface area contributed by atoms with Gasteiger partial charge in [-0.25, -0.2) is 0 Å². The minimum Gasteiger partial charge on any atom is -0.463 e. The van der Waals surface area contributed by atoms with Crippen molar-refractivity contribution >= 4 is 11.8 Å². The van der Waals surface area contributed by atoms with Gasteiger partial charge in [-0.3, -0.25) is 9.59 Å². The van der Waals surface area contributed by atoms with Crippen LogP contribution in [0.4, 0.5) is 0 Å². The highest BCUT2D eigenvalue weighted by atomic mass is 16.5. The normalized spacial score (nSPS) is 24.0. The molecule has 0 saturated heterocycles. The lowest BCUT2D eigenvalue weighted by Crippen LogP contribution is -2.21. The SMILES string of the molecule is CCCCCC(O)/C=C/[C@H]1C(=O)CC(O)C1C/C=C\CCCC(=O)OCC(O)CO. The molecule has 0 aromatic rings. The van der Waals surface area contributed by atoms with Gasteiger partial charge in [0.15, 0.2) is 0 Å². The molecule has 30 heavy (non-hydrogen) atoms. The van der Waals surface area contributed by atoms with Crippen molar-refractivity contribution in [3.63, 3.8) is 0 Å². The summed E-state index contributed by atoms with van der Waals surface area (Å²) in [6, 6.07) is 0. The van der Waals surface area contributed by atoms with E-state index in [0.717, 1.165) is 19.3 Å². The second-order valence-electron chi connectivity index (χ2n) is 7.99. The third-order valence-electron chi connectivity index (χ3n) is 5.36. The number of carbonyl (C=O) groups excluding carboxylic acids is 2. The van der Waals surface area contributed by atoms with E-state index in [9.17, 15) is 19.8 Å². The van der Waals surface area contributed by atoms with Gasteiger partial charge in [0.1, 0.15) is 18.5 Å². The number of carbonyl (C=O) groups is 2. The molecule has 7 nitrogen and oxygen atoms in total. The Labute approximate surface area is 179 Å². The molecule has 5 atom stereocenters. The van der Waals surface area contributed by atoms with Crippen LogP contribution in [-0.4, -0.2) is 63.7 Å². The number of aliphatic hydroxyl groups is 4. The first kappa shape index (κ1) is 26.5. The zero-order chi connectivity index (χ0) is 22.4. The molecule has 0 spiro atoms. The third-order valence-corrected chi connectivity index (χ3v) is 5.36. The van der Waals surface area contributed by atoms with Crippen LogP contribution < -0.4 is 0 Å². The van der Waals surface area contributed by atoms with E-state index in [1.54, 1.807) is 12.2 Å². The number of ether oxygens (including phenoxy) is 1. The average Bonchev–Trinajstić information content (AvgIpc) is 2.99. The summed E-state index contributed by atoms with van der Waals surface area (Å²) in [6.45, 7) is 1.45. The molecule has 0 amide bonds. The van der Waals surface area contributed by atoms with Gasteiger partial charge in [-0.05, 0) is 25.7 Å². The Balaban J connectivity index is 2.37. The van der Waals surface area contributed by atoms with Crippen LogP contribution in [0.25, 0.3) is 0 Å². The van der Waals surface area contributed by atoms with E-state index in [-0.39, 0.29) is 37.1 Å². The van der Waals surface area contributed by atoms with Gasteiger partial charge < -0.3 is 25.2 Å². The fourth-order valence-corrected chi connectivity index (χ4v) is 3.52. The Kier molecular flexibility index (Phi) is 13.5. The average molecular weight is 427 g/mol. The molecule has 1 aliphatic rings.